The summed E-state index contributed by atoms with van der Waals surface area (Å²) in [5, 5.41) is 9.13. The SMILES string of the molecule is CCCCc1ccc(C(N)=O)cc1-c1nc(NCCNC(C)C)nc2c1CNC(=O)N2c1c(F)cccc1F. The van der Waals surface area contributed by atoms with Crippen molar-refractivity contribution in [2.45, 2.75) is 52.6 Å². The average Bonchev–Trinajstić information content (AvgIpc) is 2.90. The largest absolute Gasteiger partial charge is 0.366 e. The number of para-hydroxylation sites is 1. The van der Waals surface area contributed by atoms with Crippen LogP contribution in [0.5, 0.6) is 0 Å². The second-order valence-corrected chi connectivity index (χ2v) is 9.64. The lowest BCUT2D eigenvalue weighted by atomic mass is 9.94. The molecular formula is C28H33F2N7O2. The second-order valence-electron chi connectivity index (χ2n) is 9.64. The van der Waals surface area contributed by atoms with E-state index >= 15 is 0 Å². The van der Waals surface area contributed by atoms with Crippen LogP contribution in [0.15, 0.2) is 36.4 Å². The molecule has 4 rings (SSSR count). The summed E-state index contributed by atoms with van der Waals surface area (Å²) < 4.78 is 29.8. The zero-order valence-electron chi connectivity index (χ0n) is 22.3. The Morgan fingerprint density at radius 3 is 2.56 bits per heavy atom. The van der Waals surface area contributed by atoms with E-state index in [-0.39, 0.29) is 24.4 Å². The zero-order chi connectivity index (χ0) is 28.1. The summed E-state index contributed by atoms with van der Waals surface area (Å²) in [6.45, 7) is 7.22. The van der Waals surface area contributed by atoms with Crippen LogP contribution in [0.25, 0.3) is 11.3 Å². The van der Waals surface area contributed by atoms with Crippen molar-refractivity contribution in [1.29, 1.82) is 0 Å². The Kier molecular flexibility index (Phi) is 8.70. The van der Waals surface area contributed by atoms with Gasteiger partial charge in [0.05, 0.1) is 12.2 Å². The molecule has 1 aromatic heterocycles. The highest BCUT2D eigenvalue weighted by molar-refractivity contribution is 6.02. The monoisotopic (exact) mass is 537 g/mol. The van der Waals surface area contributed by atoms with Gasteiger partial charge in [-0.1, -0.05) is 39.3 Å². The number of fused-ring (bicyclic) bond motifs is 1. The molecule has 0 bridgehead atoms. The molecule has 11 heteroatoms. The number of anilines is 3. The van der Waals surface area contributed by atoms with Crippen LogP contribution < -0.4 is 26.6 Å². The fourth-order valence-electron chi connectivity index (χ4n) is 4.44. The van der Waals surface area contributed by atoms with Crippen molar-refractivity contribution >= 4 is 29.4 Å². The van der Waals surface area contributed by atoms with Crippen LogP contribution in [0.1, 0.15) is 55.1 Å². The Balaban J connectivity index is 1.93. The lowest BCUT2D eigenvalue weighted by Crippen LogP contribution is -2.43. The summed E-state index contributed by atoms with van der Waals surface area (Å²) in [4.78, 5) is 35.3. The number of nitrogens with zero attached hydrogens (tertiary/aromatic N) is 3. The van der Waals surface area contributed by atoms with Crippen molar-refractivity contribution in [2.24, 2.45) is 5.73 Å². The Labute approximate surface area is 226 Å². The van der Waals surface area contributed by atoms with Gasteiger partial charge >= 0.3 is 6.03 Å². The third-order valence-electron chi connectivity index (χ3n) is 6.39. The normalized spacial score (nSPS) is 12.9. The number of primary amides is 1. The van der Waals surface area contributed by atoms with Crippen LogP contribution in [-0.4, -0.2) is 41.0 Å². The Bertz CT molecular complexity index is 1360. The van der Waals surface area contributed by atoms with Gasteiger partial charge in [-0.3, -0.25) is 4.79 Å². The van der Waals surface area contributed by atoms with Gasteiger partial charge in [-0.2, -0.15) is 4.98 Å². The van der Waals surface area contributed by atoms with Crippen molar-refractivity contribution in [2.75, 3.05) is 23.3 Å². The standard InChI is InChI=1S/C28H33F2N7O2/c1-4-5-7-17-10-11-18(25(31)38)14-19(17)23-20-15-34-28(39)37(24-21(29)8-6-9-22(24)30)26(20)36-27(35-23)33-13-12-32-16(2)3/h6,8-11,14,16,32H,4-5,7,12-13,15H2,1-3H3,(H2,31,38)(H,34,39)(H,33,35,36). The predicted molar refractivity (Wildman–Crippen MR) is 147 cm³/mol. The average molecular weight is 538 g/mol. The molecule has 0 saturated heterocycles. The van der Waals surface area contributed by atoms with E-state index in [1.807, 2.05) is 19.9 Å². The molecule has 0 spiro atoms. The fraction of sp³-hybridized carbons (Fsp3) is 0.357. The number of unbranched alkanes of at least 4 members (excludes halogenated alkanes) is 1. The number of nitrogens with two attached hydrogens (primary N) is 1. The summed E-state index contributed by atoms with van der Waals surface area (Å²) in [6, 6.07) is 8.12. The molecule has 3 amide bonds. The highest BCUT2D eigenvalue weighted by Gasteiger charge is 2.34. The first kappa shape index (κ1) is 27.9. The van der Waals surface area contributed by atoms with Crippen molar-refractivity contribution in [3.63, 3.8) is 0 Å². The molecule has 0 aliphatic carbocycles. The molecule has 0 radical (unpaired) electrons. The smallest absolute Gasteiger partial charge is 0.328 e. The van der Waals surface area contributed by atoms with Crippen molar-refractivity contribution < 1.29 is 18.4 Å². The molecule has 0 fully saturated rings. The Hall–Kier alpha value is -4.12. The lowest BCUT2D eigenvalue weighted by molar-refractivity contribution is 0.1000. The molecular weight excluding hydrogens is 504 g/mol. The van der Waals surface area contributed by atoms with Crippen LogP contribution >= 0.6 is 0 Å². The third-order valence-corrected chi connectivity index (χ3v) is 6.39. The summed E-state index contributed by atoms with van der Waals surface area (Å²) in [5.74, 6) is -2.18. The van der Waals surface area contributed by atoms with Crippen LogP contribution in [0.3, 0.4) is 0 Å². The van der Waals surface area contributed by atoms with E-state index in [1.54, 1.807) is 12.1 Å². The first-order valence-electron chi connectivity index (χ1n) is 13.0. The maximum Gasteiger partial charge on any atom is 0.328 e. The van der Waals surface area contributed by atoms with Gasteiger partial charge in [0.15, 0.2) is 5.82 Å². The number of urea groups is 1. The van der Waals surface area contributed by atoms with E-state index in [1.165, 1.54) is 6.07 Å². The summed E-state index contributed by atoms with van der Waals surface area (Å²) in [6.07, 6.45) is 2.55. The van der Waals surface area contributed by atoms with E-state index in [9.17, 15) is 18.4 Å². The zero-order valence-corrected chi connectivity index (χ0v) is 22.3. The van der Waals surface area contributed by atoms with Gasteiger partial charge < -0.3 is 21.7 Å². The molecule has 2 heterocycles. The molecule has 0 saturated carbocycles. The number of hydrogen-bond acceptors (Lipinski definition) is 6. The number of rotatable bonds is 11. The quantitative estimate of drug-likeness (QED) is 0.264. The molecule has 206 valence electrons. The molecule has 9 nitrogen and oxygen atoms in total. The number of carbonyl (C=O) groups is 2. The van der Waals surface area contributed by atoms with Gasteiger partial charge in [-0.15, -0.1) is 0 Å². The van der Waals surface area contributed by atoms with E-state index in [0.29, 0.717) is 41.9 Å². The van der Waals surface area contributed by atoms with Crippen LogP contribution in [0.4, 0.5) is 31.0 Å². The van der Waals surface area contributed by atoms with Crippen LogP contribution in [0, 0.1) is 11.6 Å². The minimum Gasteiger partial charge on any atom is -0.366 e. The van der Waals surface area contributed by atoms with E-state index in [2.05, 4.69) is 27.9 Å². The molecule has 39 heavy (non-hydrogen) atoms. The number of aromatic nitrogens is 2. The number of nitrogens with one attached hydrogen (secondary N) is 3. The van der Waals surface area contributed by atoms with Crippen LogP contribution in [0.2, 0.25) is 0 Å². The van der Waals surface area contributed by atoms with Crippen molar-refractivity contribution in [3.05, 3.63) is 64.7 Å². The van der Waals surface area contributed by atoms with Crippen molar-refractivity contribution in [3.8, 4) is 11.3 Å². The molecule has 3 aromatic rings. The maximum atomic E-state index is 14.9. The molecule has 1 aliphatic heterocycles. The number of carbonyl (C=O) groups excluding carboxylic acids is 2. The van der Waals surface area contributed by atoms with E-state index in [0.717, 1.165) is 35.4 Å². The predicted octanol–water partition coefficient (Wildman–Crippen LogP) is 4.63. The summed E-state index contributed by atoms with van der Waals surface area (Å²) >= 11 is 0. The first-order chi connectivity index (χ1) is 18.7. The van der Waals surface area contributed by atoms with Gasteiger partial charge in [0.25, 0.3) is 0 Å². The minimum atomic E-state index is -0.909. The lowest BCUT2D eigenvalue weighted by Gasteiger charge is -2.31. The van der Waals surface area contributed by atoms with Crippen LogP contribution in [-0.2, 0) is 13.0 Å². The minimum absolute atomic E-state index is 0.0271. The summed E-state index contributed by atoms with van der Waals surface area (Å²) in [5.41, 5.74) is 7.83. The van der Waals surface area contributed by atoms with Gasteiger partial charge in [0, 0.05) is 35.8 Å². The van der Waals surface area contributed by atoms with E-state index < -0.39 is 29.3 Å². The van der Waals surface area contributed by atoms with Gasteiger partial charge in [0.2, 0.25) is 11.9 Å². The van der Waals surface area contributed by atoms with Gasteiger partial charge in [-0.05, 0) is 42.7 Å². The molecule has 0 unspecified atom stereocenters. The summed E-state index contributed by atoms with van der Waals surface area (Å²) in [7, 11) is 0. The first-order valence-corrected chi connectivity index (χ1v) is 13.0. The van der Waals surface area contributed by atoms with Crippen molar-refractivity contribution in [1.82, 2.24) is 20.6 Å². The Morgan fingerprint density at radius 2 is 1.90 bits per heavy atom. The number of benzene rings is 2. The molecule has 5 N–H and O–H groups in total. The molecule has 0 atom stereocenters. The number of hydrogen-bond donors (Lipinski definition) is 4. The third kappa shape index (κ3) is 6.14. The fourth-order valence-corrected chi connectivity index (χ4v) is 4.44. The number of aryl methyl sites for hydroxylation is 1. The highest BCUT2D eigenvalue weighted by atomic mass is 19.1. The number of halogens is 2. The number of amides is 3. The van der Waals surface area contributed by atoms with E-state index in [4.69, 9.17) is 10.7 Å². The second kappa shape index (κ2) is 12.2. The Morgan fingerprint density at radius 1 is 1.15 bits per heavy atom. The molecule has 1 aliphatic rings. The van der Waals surface area contributed by atoms with Gasteiger partial charge in [-0.25, -0.2) is 23.5 Å². The van der Waals surface area contributed by atoms with Gasteiger partial charge in [0.1, 0.15) is 17.3 Å². The topological polar surface area (TPSA) is 125 Å². The highest BCUT2D eigenvalue weighted by Crippen LogP contribution is 2.39. The molecule has 2 aromatic carbocycles. The maximum absolute atomic E-state index is 14.9.